The fourth-order valence-electron chi connectivity index (χ4n) is 1.70. The van der Waals surface area contributed by atoms with Crippen molar-refractivity contribution in [1.29, 1.82) is 0 Å². The summed E-state index contributed by atoms with van der Waals surface area (Å²) in [4.78, 5) is 34.8. The maximum absolute atomic E-state index is 11.8. The first-order valence-electron chi connectivity index (χ1n) is 6.28. The van der Waals surface area contributed by atoms with Gasteiger partial charge in [0, 0.05) is 13.6 Å². The summed E-state index contributed by atoms with van der Waals surface area (Å²) in [6, 6.07) is 6.52. The standard InChI is InChI=1S/C14H18N2O5/c1-16(9-13(19)21-2)14(20)15-8-11-6-4-3-5-10(11)7-12(17)18/h3-6H,7-9H2,1-2H3,(H,15,20)(H,17,18). The number of carboxylic acid groups (broad SMARTS) is 1. The third-order valence-electron chi connectivity index (χ3n) is 2.83. The molecule has 0 unspecified atom stereocenters. The summed E-state index contributed by atoms with van der Waals surface area (Å²) in [7, 11) is 2.71. The van der Waals surface area contributed by atoms with Crippen molar-refractivity contribution in [3.63, 3.8) is 0 Å². The predicted molar refractivity (Wildman–Crippen MR) is 74.7 cm³/mol. The number of rotatable bonds is 6. The predicted octanol–water partition coefficient (Wildman–Crippen LogP) is 0.628. The molecule has 0 heterocycles. The molecule has 0 aliphatic carbocycles. The normalized spacial score (nSPS) is 9.81. The number of hydrogen-bond acceptors (Lipinski definition) is 4. The van der Waals surface area contributed by atoms with Crippen LogP contribution in [-0.4, -0.2) is 48.7 Å². The molecular weight excluding hydrogens is 276 g/mol. The second-order valence-electron chi connectivity index (χ2n) is 4.43. The molecule has 7 heteroatoms. The fraction of sp³-hybridized carbons (Fsp3) is 0.357. The molecule has 1 aromatic rings. The maximum Gasteiger partial charge on any atom is 0.325 e. The van der Waals surface area contributed by atoms with Crippen LogP contribution in [0.1, 0.15) is 11.1 Å². The van der Waals surface area contributed by atoms with E-state index in [9.17, 15) is 14.4 Å². The number of amides is 2. The van der Waals surface area contributed by atoms with Gasteiger partial charge in [-0.2, -0.15) is 0 Å². The Bertz CT molecular complexity index is 530. The third-order valence-corrected chi connectivity index (χ3v) is 2.83. The van der Waals surface area contributed by atoms with E-state index in [4.69, 9.17) is 5.11 Å². The molecule has 1 rings (SSSR count). The first-order valence-corrected chi connectivity index (χ1v) is 6.28. The molecule has 0 aliphatic heterocycles. The Morgan fingerprint density at radius 2 is 1.86 bits per heavy atom. The average Bonchev–Trinajstić information content (AvgIpc) is 2.45. The van der Waals surface area contributed by atoms with Crippen molar-refractivity contribution < 1.29 is 24.2 Å². The Morgan fingerprint density at radius 3 is 2.43 bits per heavy atom. The Kier molecular flexibility index (Phi) is 6.19. The SMILES string of the molecule is COC(=O)CN(C)C(=O)NCc1ccccc1CC(=O)O. The molecule has 7 nitrogen and oxygen atoms in total. The molecule has 0 radical (unpaired) electrons. The molecule has 2 N–H and O–H groups in total. The zero-order chi connectivity index (χ0) is 15.8. The minimum Gasteiger partial charge on any atom is -0.481 e. The van der Waals surface area contributed by atoms with E-state index >= 15 is 0 Å². The molecule has 0 aromatic heterocycles. The van der Waals surface area contributed by atoms with E-state index < -0.39 is 18.0 Å². The van der Waals surface area contributed by atoms with Gasteiger partial charge >= 0.3 is 18.0 Å². The van der Waals surface area contributed by atoms with Crippen molar-refractivity contribution in [1.82, 2.24) is 10.2 Å². The number of nitrogens with one attached hydrogen (secondary N) is 1. The molecule has 0 saturated carbocycles. The third kappa shape index (κ3) is 5.52. The molecule has 1 aromatic carbocycles. The molecule has 0 bridgehead atoms. The Morgan fingerprint density at radius 1 is 1.24 bits per heavy atom. The van der Waals surface area contributed by atoms with Gasteiger partial charge in [0.15, 0.2) is 0 Å². The highest BCUT2D eigenvalue weighted by molar-refractivity contribution is 5.80. The number of carbonyl (C=O) groups excluding carboxylic acids is 2. The minimum absolute atomic E-state index is 0.107. The Hall–Kier alpha value is -2.57. The number of hydrogen-bond donors (Lipinski definition) is 2. The summed E-state index contributed by atoms with van der Waals surface area (Å²) in [6.45, 7) is 0.0346. The zero-order valence-corrected chi connectivity index (χ0v) is 12.0. The monoisotopic (exact) mass is 294 g/mol. The van der Waals surface area contributed by atoms with Gasteiger partial charge in [0.1, 0.15) is 6.54 Å². The number of carbonyl (C=O) groups is 3. The summed E-state index contributed by atoms with van der Waals surface area (Å²) >= 11 is 0. The fourth-order valence-corrected chi connectivity index (χ4v) is 1.70. The smallest absolute Gasteiger partial charge is 0.325 e. The number of nitrogens with zero attached hydrogens (tertiary/aromatic N) is 1. The van der Waals surface area contributed by atoms with Gasteiger partial charge in [-0.3, -0.25) is 9.59 Å². The first kappa shape index (κ1) is 16.5. The largest absolute Gasteiger partial charge is 0.481 e. The van der Waals surface area contributed by atoms with Crippen molar-refractivity contribution in [2.24, 2.45) is 0 Å². The highest BCUT2D eigenvalue weighted by atomic mass is 16.5. The summed E-state index contributed by atoms with van der Waals surface area (Å²) in [5, 5.41) is 11.5. The van der Waals surface area contributed by atoms with E-state index in [1.54, 1.807) is 24.3 Å². The highest BCUT2D eigenvalue weighted by Gasteiger charge is 2.13. The lowest BCUT2D eigenvalue weighted by Crippen LogP contribution is -2.40. The topological polar surface area (TPSA) is 95.9 Å². The van der Waals surface area contributed by atoms with E-state index in [2.05, 4.69) is 10.1 Å². The van der Waals surface area contributed by atoms with Gasteiger partial charge in [-0.1, -0.05) is 24.3 Å². The van der Waals surface area contributed by atoms with Crippen LogP contribution in [0.5, 0.6) is 0 Å². The number of aliphatic carboxylic acids is 1. The van der Waals surface area contributed by atoms with Gasteiger partial charge in [0.05, 0.1) is 13.5 Å². The van der Waals surface area contributed by atoms with Gasteiger partial charge in [0.25, 0.3) is 0 Å². The number of urea groups is 1. The second kappa shape index (κ2) is 7.88. The van der Waals surface area contributed by atoms with E-state index in [0.717, 1.165) is 5.56 Å². The highest BCUT2D eigenvalue weighted by Crippen LogP contribution is 2.09. The van der Waals surface area contributed by atoms with Crippen molar-refractivity contribution >= 4 is 18.0 Å². The quantitative estimate of drug-likeness (QED) is 0.750. The van der Waals surface area contributed by atoms with Gasteiger partial charge in [-0.25, -0.2) is 4.79 Å². The Balaban J connectivity index is 2.60. The van der Waals surface area contributed by atoms with Crippen LogP contribution in [0.4, 0.5) is 4.79 Å². The lowest BCUT2D eigenvalue weighted by atomic mass is 10.0. The molecule has 0 atom stereocenters. The molecular formula is C14H18N2O5. The van der Waals surface area contributed by atoms with Crippen molar-refractivity contribution in [3.05, 3.63) is 35.4 Å². The van der Waals surface area contributed by atoms with Crippen LogP contribution in [-0.2, 0) is 27.3 Å². The Labute approximate surface area is 122 Å². The molecule has 0 fully saturated rings. The molecule has 2 amide bonds. The van der Waals surface area contributed by atoms with Crippen LogP contribution < -0.4 is 5.32 Å². The molecule has 0 spiro atoms. The summed E-state index contributed by atoms with van der Waals surface area (Å²) in [6.07, 6.45) is -0.107. The van der Waals surface area contributed by atoms with E-state index in [1.165, 1.54) is 19.1 Å². The molecule has 0 aliphatic rings. The number of likely N-dealkylation sites (N-methyl/N-ethyl adjacent to an activating group) is 1. The van der Waals surface area contributed by atoms with Gasteiger partial charge in [0.2, 0.25) is 0 Å². The van der Waals surface area contributed by atoms with Crippen LogP contribution >= 0.6 is 0 Å². The summed E-state index contributed by atoms with van der Waals surface area (Å²) < 4.78 is 4.47. The van der Waals surface area contributed by atoms with Gasteiger partial charge in [-0.15, -0.1) is 0 Å². The average molecular weight is 294 g/mol. The lowest BCUT2D eigenvalue weighted by Gasteiger charge is -2.17. The number of benzene rings is 1. The van der Waals surface area contributed by atoms with Crippen LogP contribution in [0.2, 0.25) is 0 Å². The molecule has 21 heavy (non-hydrogen) atoms. The van der Waals surface area contributed by atoms with Gasteiger partial charge < -0.3 is 20.1 Å². The summed E-state index contributed by atoms with van der Waals surface area (Å²) in [5.74, 6) is -1.45. The van der Waals surface area contributed by atoms with Crippen LogP contribution in [0.3, 0.4) is 0 Å². The maximum atomic E-state index is 11.8. The number of carboxylic acids is 1. The van der Waals surface area contributed by atoms with Crippen molar-refractivity contribution in [2.75, 3.05) is 20.7 Å². The van der Waals surface area contributed by atoms with Crippen molar-refractivity contribution in [2.45, 2.75) is 13.0 Å². The number of esters is 1. The second-order valence-corrected chi connectivity index (χ2v) is 4.43. The van der Waals surface area contributed by atoms with Crippen LogP contribution in [0, 0.1) is 0 Å². The van der Waals surface area contributed by atoms with Crippen molar-refractivity contribution in [3.8, 4) is 0 Å². The first-order chi connectivity index (χ1) is 9.93. The summed E-state index contributed by atoms with van der Waals surface area (Å²) in [5.41, 5.74) is 1.36. The number of methoxy groups -OCH3 is 1. The van der Waals surface area contributed by atoms with E-state index in [1.807, 2.05) is 0 Å². The van der Waals surface area contributed by atoms with Crippen LogP contribution in [0.25, 0.3) is 0 Å². The minimum atomic E-state index is -0.934. The van der Waals surface area contributed by atoms with E-state index in [0.29, 0.717) is 5.56 Å². The van der Waals surface area contributed by atoms with Gasteiger partial charge in [-0.05, 0) is 11.1 Å². The lowest BCUT2D eigenvalue weighted by molar-refractivity contribution is -0.141. The molecule has 0 saturated heterocycles. The zero-order valence-electron chi connectivity index (χ0n) is 12.0. The number of ether oxygens (including phenoxy) is 1. The molecule has 114 valence electrons. The van der Waals surface area contributed by atoms with Crippen LogP contribution in [0.15, 0.2) is 24.3 Å². The van der Waals surface area contributed by atoms with E-state index in [-0.39, 0.29) is 19.5 Å².